The third-order valence-electron chi connectivity index (χ3n) is 2.91. The maximum atomic E-state index is 13.7. The fourth-order valence-corrected chi connectivity index (χ4v) is 4.32. The molecule has 4 nitrogen and oxygen atoms in total. The van der Waals surface area contributed by atoms with Crippen LogP contribution in [0.25, 0.3) is 0 Å². The summed E-state index contributed by atoms with van der Waals surface area (Å²) in [6.07, 6.45) is 0.564. The molecule has 1 atom stereocenters. The first kappa shape index (κ1) is 15.9. The number of nitrogen functional groups attached to an aromatic ring is 1. The molecule has 0 spiro atoms. The molecule has 0 saturated heterocycles. The molecule has 114 valence electrons. The lowest BCUT2D eigenvalue weighted by Gasteiger charge is -2.14. The van der Waals surface area contributed by atoms with Crippen LogP contribution in [-0.4, -0.2) is 14.5 Å². The molecule has 21 heavy (non-hydrogen) atoms. The molecule has 0 amide bonds. The minimum atomic E-state index is -3.90. The zero-order valence-electron chi connectivity index (χ0n) is 11.8. The third-order valence-corrected chi connectivity index (χ3v) is 5.55. The van der Waals surface area contributed by atoms with Crippen molar-refractivity contribution in [2.45, 2.75) is 31.2 Å². The summed E-state index contributed by atoms with van der Waals surface area (Å²) in [6.45, 7) is 3.74. The van der Waals surface area contributed by atoms with Crippen molar-refractivity contribution >= 4 is 27.0 Å². The van der Waals surface area contributed by atoms with E-state index in [4.69, 9.17) is 5.73 Å². The predicted molar refractivity (Wildman–Crippen MR) is 83.4 cm³/mol. The molecule has 2 aromatic rings. The zero-order chi connectivity index (χ0) is 15.6. The van der Waals surface area contributed by atoms with Gasteiger partial charge in [0.1, 0.15) is 10.7 Å². The van der Waals surface area contributed by atoms with Crippen LogP contribution in [0.15, 0.2) is 35.2 Å². The largest absolute Gasteiger partial charge is 0.399 e. The highest BCUT2D eigenvalue weighted by molar-refractivity contribution is 7.89. The van der Waals surface area contributed by atoms with E-state index in [0.717, 1.165) is 10.9 Å². The molecule has 1 unspecified atom stereocenters. The van der Waals surface area contributed by atoms with E-state index < -0.39 is 15.8 Å². The molecule has 0 aliphatic carbocycles. The van der Waals surface area contributed by atoms with E-state index >= 15 is 0 Å². The van der Waals surface area contributed by atoms with Gasteiger partial charge in [-0.05, 0) is 50.6 Å². The fourth-order valence-electron chi connectivity index (χ4n) is 2.00. The van der Waals surface area contributed by atoms with E-state index in [0.29, 0.717) is 6.42 Å². The Kier molecular flexibility index (Phi) is 4.65. The number of hydrogen-bond donors (Lipinski definition) is 2. The number of sulfonamides is 1. The second-order valence-corrected chi connectivity index (χ2v) is 7.98. The van der Waals surface area contributed by atoms with Crippen molar-refractivity contribution in [2.24, 2.45) is 0 Å². The SMILES string of the molecule is Cc1ccc(CC(C)NS(=O)(=O)c2ccc(N)cc2F)s1. The first-order valence-corrected chi connectivity index (χ1v) is 8.70. The molecule has 1 aromatic heterocycles. The monoisotopic (exact) mass is 328 g/mol. The van der Waals surface area contributed by atoms with Crippen molar-refractivity contribution in [3.05, 3.63) is 45.9 Å². The second kappa shape index (κ2) is 6.13. The highest BCUT2D eigenvalue weighted by Crippen LogP contribution is 2.20. The van der Waals surface area contributed by atoms with Gasteiger partial charge in [-0.1, -0.05) is 0 Å². The molecule has 0 radical (unpaired) electrons. The second-order valence-electron chi connectivity index (χ2n) is 4.93. The zero-order valence-corrected chi connectivity index (χ0v) is 13.4. The summed E-state index contributed by atoms with van der Waals surface area (Å²) in [6, 6.07) is 7.17. The summed E-state index contributed by atoms with van der Waals surface area (Å²) < 4.78 is 40.6. The molecule has 0 bridgehead atoms. The number of hydrogen-bond acceptors (Lipinski definition) is 4. The first-order chi connectivity index (χ1) is 9.78. The lowest BCUT2D eigenvalue weighted by molar-refractivity contribution is 0.543. The van der Waals surface area contributed by atoms with Gasteiger partial charge in [-0.15, -0.1) is 11.3 Å². The minimum absolute atomic E-state index is 0.188. The average molecular weight is 328 g/mol. The molecule has 1 aromatic carbocycles. The molecular weight excluding hydrogens is 311 g/mol. The number of thiophene rings is 1. The lowest BCUT2D eigenvalue weighted by atomic mass is 10.2. The summed E-state index contributed by atoms with van der Waals surface area (Å²) in [5, 5.41) is 0. The number of benzene rings is 1. The van der Waals surface area contributed by atoms with Gasteiger partial charge in [-0.2, -0.15) is 0 Å². The van der Waals surface area contributed by atoms with E-state index in [1.165, 1.54) is 17.0 Å². The number of nitrogens with one attached hydrogen (secondary N) is 1. The molecule has 0 fully saturated rings. The quantitative estimate of drug-likeness (QED) is 0.829. The molecule has 0 aliphatic heterocycles. The van der Waals surface area contributed by atoms with Crippen molar-refractivity contribution in [1.82, 2.24) is 4.72 Å². The van der Waals surface area contributed by atoms with Crippen molar-refractivity contribution < 1.29 is 12.8 Å². The Balaban J connectivity index is 2.13. The van der Waals surface area contributed by atoms with Crippen molar-refractivity contribution in [1.29, 1.82) is 0 Å². The summed E-state index contributed by atoms with van der Waals surface area (Å²) in [5.74, 6) is -0.846. The highest BCUT2D eigenvalue weighted by Gasteiger charge is 2.21. The Labute approximate surface area is 127 Å². The first-order valence-electron chi connectivity index (χ1n) is 6.40. The lowest BCUT2D eigenvalue weighted by Crippen LogP contribution is -2.34. The predicted octanol–water partition coefficient (Wildman–Crippen LogP) is 2.69. The van der Waals surface area contributed by atoms with Crippen LogP contribution in [0.3, 0.4) is 0 Å². The Morgan fingerprint density at radius 2 is 2.05 bits per heavy atom. The Morgan fingerprint density at radius 3 is 2.62 bits per heavy atom. The van der Waals surface area contributed by atoms with E-state index in [9.17, 15) is 12.8 Å². The maximum absolute atomic E-state index is 13.7. The number of halogens is 1. The molecule has 1 heterocycles. The van der Waals surface area contributed by atoms with Gasteiger partial charge < -0.3 is 5.73 Å². The van der Waals surface area contributed by atoms with Crippen LogP contribution >= 0.6 is 11.3 Å². The molecule has 0 aliphatic rings. The fraction of sp³-hybridized carbons (Fsp3) is 0.286. The van der Waals surface area contributed by atoms with Gasteiger partial charge in [-0.25, -0.2) is 17.5 Å². The van der Waals surface area contributed by atoms with Crippen LogP contribution in [0.1, 0.15) is 16.7 Å². The maximum Gasteiger partial charge on any atom is 0.243 e. The molecule has 7 heteroatoms. The molecular formula is C14H17FN2O2S2. The van der Waals surface area contributed by atoms with Gasteiger partial charge in [0.05, 0.1) is 0 Å². The van der Waals surface area contributed by atoms with Gasteiger partial charge in [0.25, 0.3) is 0 Å². The van der Waals surface area contributed by atoms with Gasteiger partial charge in [0, 0.05) is 21.5 Å². The van der Waals surface area contributed by atoms with Crippen LogP contribution in [0.4, 0.5) is 10.1 Å². The van der Waals surface area contributed by atoms with E-state index in [1.807, 2.05) is 19.1 Å². The molecule has 0 saturated carbocycles. The number of rotatable bonds is 5. The Morgan fingerprint density at radius 1 is 1.33 bits per heavy atom. The van der Waals surface area contributed by atoms with Crippen molar-refractivity contribution in [3.8, 4) is 0 Å². The van der Waals surface area contributed by atoms with Gasteiger partial charge in [-0.3, -0.25) is 0 Å². The Hall–Kier alpha value is -1.44. The third kappa shape index (κ3) is 4.03. The van der Waals surface area contributed by atoms with E-state index in [-0.39, 0.29) is 16.6 Å². The topological polar surface area (TPSA) is 72.2 Å². The van der Waals surface area contributed by atoms with Crippen LogP contribution < -0.4 is 10.5 Å². The highest BCUT2D eigenvalue weighted by atomic mass is 32.2. The van der Waals surface area contributed by atoms with E-state index in [1.54, 1.807) is 18.3 Å². The van der Waals surface area contributed by atoms with Crippen LogP contribution in [0.2, 0.25) is 0 Å². The average Bonchev–Trinajstić information content (AvgIpc) is 2.72. The minimum Gasteiger partial charge on any atom is -0.399 e. The van der Waals surface area contributed by atoms with Crippen molar-refractivity contribution in [3.63, 3.8) is 0 Å². The van der Waals surface area contributed by atoms with Gasteiger partial charge in [0.15, 0.2) is 0 Å². The van der Waals surface area contributed by atoms with Gasteiger partial charge >= 0.3 is 0 Å². The summed E-state index contributed by atoms with van der Waals surface area (Å²) in [7, 11) is -3.90. The molecule has 3 N–H and O–H groups in total. The van der Waals surface area contributed by atoms with Crippen LogP contribution in [0.5, 0.6) is 0 Å². The molecule has 2 rings (SSSR count). The smallest absolute Gasteiger partial charge is 0.243 e. The summed E-state index contributed by atoms with van der Waals surface area (Å²) in [4.78, 5) is 1.87. The summed E-state index contributed by atoms with van der Waals surface area (Å²) >= 11 is 1.62. The van der Waals surface area contributed by atoms with Crippen molar-refractivity contribution in [2.75, 3.05) is 5.73 Å². The normalized spacial score (nSPS) is 13.3. The number of nitrogens with two attached hydrogens (primary N) is 1. The van der Waals surface area contributed by atoms with Gasteiger partial charge in [0.2, 0.25) is 10.0 Å². The van der Waals surface area contributed by atoms with E-state index in [2.05, 4.69) is 4.72 Å². The number of aryl methyl sites for hydroxylation is 1. The van der Waals surface area contributed by atoms with Crippen LogP contribution in [-0.2, 0) is 16.4 Å². The Bertz CT molecular complexity index is 741. The number of anilines is 1. The van der Waals surface area contributed by atoms with Crippen LogP contribution in [0, 0.1) is 12.7 Å². The standard InChI is InChI=1S/C14H17FN2O2S2/c1-9(7-12-5-3-10(2)20-12)17-21(18,19)14-6-4-11(16)8-13(14)15/h3-6,8-9,17H,7,16H2,1-2H3. The summed E-state index contributed by atoms with van der Waals surface area (Å²) in [5.41, 5.74) is 5.61.